The van der Waals surface area contributed by atoms with Crippen molar-refractivity contribution < 1.29 is 4.39 Å². The maximum Gasteiger partial charge on any atom is 0.122 e. The van der Waals surface area contributed by atoms with Crippen LogP contribution >= 0.6 is 0 Å². The minimum absolute atomic E-state index is 0.207. The number of allylic oxidation sites excluding steroid dienone is 7. The highest BCUT2D eigenvalue weighted by molar-refractivity contribution is 5.52. The summed E-state index contributed by atoms with van der Waals surface area (Å²) in [6.07, 6.45) is 8.66. The molecular weight excluding hydrogens is 535 g/mol. The van der Waals surface area contributed by atoms with Gasteiger partial charge in [0.25, 0.3) is 0 Å². The van der Waals surface area contributed by atoms with Crippen LogP contribution in [-0.4, -0.2) is 0 Å². The summed E-state index contributed by atoms with van der Waals surface area (Å²) in [7, 11) is 0. The molecule has 0 aliphatic rings. The van der Waals surface area contributed by atoms with Crippen molar-refractivity contribution in [2.75, 3.05) is 0 Å². The first kappa shape index (κ1) is 51.2. The molecular formula is C43H77F. The second-order valence-electron chi connectivity index (χ2n) is 13.1. The smallest absolute Gasteiger partial charge is 0.122 e. The van der Waals surface area contributed by atoms with Crippen molar-refractivity contribution >= 4 is 6.08 Å². The van der Waals surface area contributed by atoms with Crippen LogP contribution in [-0.2, 0) is 0 Å². The number of rotatable bonds is 9. The topological polar surface area (TPSA) is 0 Å². The Kier molecular flexibility index (Phi) is 35.6. The molecule has 0 amide bonds. The van der Waals surface area contributed by atoms with Crippen LogP contribution in [0.5, 0.6) is 0 Å². The Labute approximate surface area is 278 Å². The molecule has 1 rings (SSSR count). The molecule has 0 radical (unpaired) electrons. The molecule has 0 N–H and O–H groups in total. The minimum atomic E-state index is -0.207. The highest BCUT2D eigenvalue weighted by Gasteiger charge is 2.08. The fourth-order valence-electron chi connectivity index (χ4n) is 3.70. The Bertz CT molecular complexity index is 953. The fourth-order valence-corrected chi connectivity index (χ4v) is 3.70. The van der Waals surface area contributed by atoms with E-state index in [1.807, 2.05) is 47.6 Å². The molecule has 1 unspecified atom stereocenters. The maximum absolute atomic E-state index is 13.2. The molecule has 0 aliphatic heterocycles. The average molecular weight is 613 g/mol. The number of halogens is 1. The van der Waals surface area contributed by atoms with Gasteiger partial charge in [-0.2, -0.15) is 0 Å². The van der Waals surface area contributed by atoms with Crippen LogP contribution in [0.2, 0.25) is 0 Å². The summed E-state index contributed by atoms with van der Waals surface area (Å²) in [6, 6.07) is 6.36. The van der Waals surface area contributed by atoms with Gasteiger partial charge in [-0.15, -0.1) is 6.58 Å². The predicted octanol–water partition coefficient (Wildman–Crippen LogP) is 15.8. The highest BCUT2D eigenvalue weighted by atomic mass is 19.1. The lowest BCUT2D eigenvalue weighted by molar-refractivity contribution is 0.381. The van der Waals surface area contributed by atoms with Gasteiger partial charge < -0.3 is 0 Å². The third-order valence-corrected chi connectivity index (χ3v) is 6.30. The summed E-state index contributed by atoms with van der Waals surface area (Å²) < 4.78 is 13.2. The summed E-state index contributed by atoms with van der Waals surface area (Å²) in [5, 5.41) is 0. The van der Waals surface area contributed by atoms with E-state index in [9.17, 15) is 4.39 Å². The molecule has 0 spiro atoms. The number of benzene rings is 1. The zero-order chi connectivity index (χ0) is 36.2. The number of hydrogen-bond acceptors (Lipinski definition) is 0. The Balaban J connectivity index is -0.000000150. The van der Waals surface area contributed by atoms with Crippen molar-refractivity contribution in [3.63, 3.8) is 0 Å². The van der Waals surface area contributed by atoms with Crippen molar-refractivity contribution in [1.29, 1.82) is 0 Å². The predicted molar refractivity (Wildman–Crippen MR) is 208 cm³/mol. The molecule has 1 heteroatoms. The van der Waals surface area contributed by atoms with E-state index in [-0.39, 0.29) is 5.83 Å². The molecule has 1 atom stereocenters. The van der Waals surface area contributed by atoms with Crippen molar-refractivity contribution in [1.82, 2.24) is 0 Å². The molecule has 0 nitrogen and oxygen atoms in total. The highest BCUT2D eigenvalue weighted by Crippen LogP contribution is 2.22. The van der Waals surface area contributed by atoms with Gasteiger partial charge in [0.2, 0.25) is 0 Å². The Hall–Kier alpha value is -2.41. The van der Waals surface area contributed by atoms with Gasteiger partial charge in [-0.25, -0.2) is 4.39 Å². The summed E-state index contributed by atoms with van der Waals surface area (Å²) >= 11 is 0. The van der Waals surface area contributed by atoms with Crippen molar-refractivity contribution in [2.45, 2.75) is 150 Å². The van der Waals surface area contributed by atoms with E-state index >= 15 is 0 Å². The normalized spacial score (nSPS) is 10.1. The molecule has 0 heterocycles. The maximum atomic E-state index is 13.2. The van der Waals surface area contributed by atoms with Crippen molar-refractivity contribution in [3.8, 4) is 0 Å². The molecule has 0 aliphatic carbocycles. The Morgan fingerprint density at radius 2 is 1.32 bits per heavy atom. The summed E-state index contributed by atoms with van der Waals surface area (Å²) in [5.41, 5.74) is 8.67. The van der Waals surface area contributed by atoms with E-state index in [0.29, 0.717) is 11.0 Å². The third kappa shape index (κ3) is 34.1. The largest absolute Gasteiger partial charge is 0.207 e. The number of unbranched alkanes of at least 4 members (excludes halogenated alkanes) is 1. The third-order valence-electron chi connectivity index (χ3n) is 6.30. The minimum Gasteiger partial charge on any atom is -0.207 e. The first-order chi connectivity index (χ1) is 20.2. The first-order valence-corrected chi connectivity index (χ1v) is 16.9. The van der Waals surface area contributed by atoms with Crippen LogP contribution in [0.1, 0.15) is 153 Å². The van der Waals surface area contributed by atoms with E-state index in [2.05, 4.69) is 114 Å². The van der Waals surface area contributed by atoms with Crippen LogP contribution in [0.3, 0.4) is 0 Å². The van der Waals surface area contributed by atoms with Gasteiger partial charge in [0.05, 0.1) is 0 Å². The van der Waals surface area contributed by atoms with Crippen molar-refractivity contribution in [3.05, 3.63) is 101 Å². The Morgan fingerprint density at radius 3 is 1.57 bits per heavy atom. The van der Waals surface area contributed by atoms with E-state index in [0.717, 1.165) is 35.0 Å². The van der Waals surface area contributed by atoms with E-state index in [1.54, 1.807) is 13.8 Å². The molecule has 0 saturated heterocycles. The lowest BCUT2D eigenvalue weighted by Gasteiger charge is -2.17. The van der Waals surface area contributed by atoms with E-state index in [1.165, 1.54) is 47.6 Å². The fraction of sp³-hybridized carbons (Fsp3) is 0.581. The van der Waals surface area contributed by atoms with E-state index < -0.39 is 0 Å². The van der Waals surface area contributed by atoms with Gasteiger partial charge >= 0.3 is 0 Å². The van der Waals surface area contributed by atoms with Crippen LogP contribution in [0, 0.1) is 31.1 Å². The summed E-state index contributed by atoms with van der Waals surface area (Å²) in [4.78, 5) is 0. The van der Waals surface area contributed by atoms with Gasteiger partial charge in [-0.3, -0.25) is 0 Å². The van der Waals surface area contributed by atoms with Crippen LogP contribution in [0.25, 0.3) is 6.08 Å². The second kappa shape index (κ2) is 30.6. The average Bonchev–Trinajstić information content (AvgIpc) is 2.91. The monoisotopic (exact) mass is 613 g/mol. The Morgan fingerprint density at radius 1 is 0.864 bits per heavy atom. The van der Waals surface area contributed by atoms with Gasteiger partial charge in [-0.1, -0.05) is 162 Å². The van der Waals surface area contributed by atoms with Crippen LogP contribution < -0.4 is 0 Å². The van der Waals surface area contributed by atoms with Gasteiger partial charge in [-0.05, 0) is 100 Å². The standard InChI is InChI=1S/C12H17F.C10H12.C9H20.C8H16.2C2H6/c1-8(2)11(9(3)4)7-12(13)10(5)6;1-4-10-6-5-8(2)7-9(10)3;1-5-6-7-9(4)8(2)3;1-7(2)6-8(3,4)5;2*1-2/h7H,1,3H2,2,4-6H3;4-7H,1H2,2-3H3;8-9H,5-7H2,1-4H3;1,6H2,2-5H3;2*1-2H3. The zero-order valence-corrected chi connectivity index (χ0v) is 33.1. The van der Waals surface area contributed by atoms with Crippen LogP contribution in [0.4, 0.5) is 4.39 Å². The van der Waals surface area contributed by atoms with E-state index in [4.69, 9.17) is 0 Å². The lowest BCUT2D eigenvalue weighted by atomic mass is 9.89. The SMILES string of the molecule is C=C(C)C(=CC(F)=C(C)C)C(=C)C.C=C(C)CC(C)(C)C.C=Cc1ccc(C)cc1C.CC.CC.CCCCC(C)C(C)C. The number of hydrogen-bond donors (Lipinski definition) is 0. The van der Waals surface area contributed by atoms with Crippen LogP contribution in [0.15, 0.2) is 84.3 Å². The molecule has 1 aromatic carbocycles. The molecule has 0 saturated carbocycles. The van der Waals surface area contributed by atoms with Gasteiger partial charge in [0.1, 0.15) is 5.83 Å². The van der Waals surface area contributed by atoms with Gasteiger partial charge in [0, 0.05) is 0 Å². The summed E-state index contributed by atoms with van der Waals surface area (Å²) in [5.74, 6) is 1.59. The first-order valence-electron chi connectivity index (χ1n) is 16.9. The zero-order valence-electron chi connectivity index (χ0n) is 33.1. The molecule has 1 aromatic rings. The molecule has 256 valence electrons. The number of aryl methyl sites for hydroxylation is 2. The molecule has 0 bridgehead atoms. The summed E-state index contributed by atoms with van der Waals surface area (Å²) in [6.45, 7) is 52.4. The second-order valence-corrected chi connectivity index (χ2v) is 13.1. The quantitative estimate of drug-likeness (QED) is 0.192. The molecule has 0 fully saturated rings. The lowest BCUT2D eigenvalue weighted by Crippen LogP contribution is -2.03. The van der Waals surface area contributed by atoms with Gasteiger partial charge in [0.15, 0.2) is 0 Å². The van der Waals surface area contributed by atoms with Crippen molar-refractivity contribution in [2.24, 2.45) is 17.3 Å². The molecule has 44 heavy (non-hydrogen) atoms. The molecule has 0 aromatic heterocycles.